The molecule has 0 aliphatic heterocycles. The molecule has 76 valence electrons. The molecule has 0 unspecified atom stereocenters. The van der Waals surface area contributed by atoms with Crippen molar-refractivity contribution in [2.24, 2.45) is 0 Å². The summed E-state index contributed by atoms with van der Waals surface area (Å²) in [5, 5.41) is 0. The third-order valence-corrected chi connectivity index (χ3v) is 1.60. The molecule has 0 aliphatic rings. The number of aromatic nitrogens is 1. The van der Waals surface area contributed by atoms with Gasteiger partial charge < -0.3 is 4.74 Å². The summed E-state index contributed by atoms with van der Waals surface area (Å²) in [4.78, 5) is 13.7. The molecule has 1 aromatic heterocycles. The Bertz CT molecular complexity index is 355. The summed E-state index contributed by atoms with van der Waals surface area (Å²) >= 11 is 0. The maximum Gasteiger partial charge on any atom is 0.269 e. The summed E-state index contributed by atoms with van der Waals surface area (Å²) < 4.78 is 42.1. The number of nitrogens with zero attached hydrogens (tertiary/aromatic N) is 1. The van der Waals surface area contributed by atoms with Crippen molar-refractivity contribution in [1.29, 1.82) is 0 Å². The van der Waals surface area contributed by atoms with Crippen molar-refractivity contribution in [2.75, 3.05) is 7.11 Å². The number of ether oxygens (including phenoxy) is 1. The standard InChI is InChI=1S/C8H6F3NO2/c1-14-8-6(7(10)11)4(3-13)5(9)2-12-8/h2-3,7H,1H3. The van der Waals surface area contributed by atoms with Crippen molar-refractivity contribution >= 4 is 6.29 Å². The Labute approximate surface area is 77.5 Å². The molecule has 1 heterocycles. The first-order valence-electron chi connectivity index (χ1n) is 3.57. The van der Waals surface area contributed by atoms with Crippen molar-refractivity contribution in [3.63, 3.8) is 0 Å². The summed E-state index contributed by atoms with van der Waals surface area (Å²) in [6, 6.07) is 0. The topological polar surface area (TPSA) is 39.2 Å². The second-order valence-corrected chi connectivity index (χ2v) is 2.36. The molecule has 0 saturated carbocycles. The molecule has 0 bridgehead atoms. The molecular formula is C8H6F3NO2. The molecule has 1 aromatic rings. The van der Waals surface area contributed by atoms with Crippen LogP contribution >= 0.6 is 0 Å². The molecule has 0 N–H and O–H groups in total. The highest BCUT2D eigenvalue weighted by Gasteiger charge is 2.22. The van der Waals surface area contributed by atoms with Crippen molar-refractivity contribution in [3.05, 3.63) is 23.1 Å². The maximum atomic E-state index is 12.8. The Balaban J connectivity index is 3.43. The third kappa shape index (κ3) is 1.68. The molecule has 0 fully saturated rings. The molecule has 3 nitrogen and oxygen atoms in total. The summed E-state index contributed by atoms with van der Waals surface area (Å²) in [6.45, 7) is 0. The predicted molar refractivity (Wildman–Crippen MR) is 41.1 cm³/mol. The second kappa shape index (κ2) is 4.08. The Morgan fingerprint density at radius 1 is 1.57 bits per heavy atom. The van der Waals surface area contributed by atoms with Crippen LogP contribution in [0.2, 0.25) is 0 Å². The highest BCUT2D eigenvalue weighted by molar-refractivity contribution is 5.78. The van der Waals surface area contributed by atoms with Gasteiger partial charge in [-0.1, -0.05) is 0 Å². The minimum Gasteiger partial charge on any atom is -0.481 e. The summed E-state index contributed by atoms with van der Waals surface area (Å²) in [5.74, 6) is -1.53. The Morgan fingerprint density at radius 2 is 2.21 bits per heavy atom. The van der Waals surface area contributed by atoms with Crippen LogP contribution in [0.4, 0.5) is 13.2 Å². The lowest BCUT2D eigenvalue weighted by atomic mass is 10.1. The van der Waals surface area contributed by atoms with Crippen molar-refractivity contribution in [2.45, 2.75) is 6.43 Å². The fourth-order valence-electron chi connectivity index (χ4n) is 0.992. The van der Waals surface area contributed by atoms with E-state index >= 15 is 0 Å². The Hall–Kier alpha value is -1.59. The molecule has 0 saturated heterocycles. The molecule has 0 atom stereocenters. The van der Waals surface area contributed by atoms with Crippen LogP contribution in [-0.4, -0.2) is 18.4 Å². The zero-order valence-corrected chi connectivity index (χ0v) is 7.13. The molecule has 0 radical (unpaired) electrons. The van der Waals surface area contributed by atoms with E-state index in [1.54, 1.807) is 0 Å². The normalized spacial score (nSPS) is 10.4. The van der Waals surface area contributed by atoms with Gasteiger partial charge in [-0.25, -0.2) is 18.2 Å². The average molecular weight is 205 g/mol. The molecule has 0 amide bonds. The number of hydrogen-bond donors (Lipinski definition) is 0. The monoisotopic (exact) mass is 205 g/mol. The number of methoxy groups -OCH3 is 1. The van der Waals surface area contributed by atoms with Crippen LogP contribution in [0.5, 0.6) is 5.88 Å². The van der Waals surface area contributed by atoms with Gasteiger partial charge in [-0.3, -0.25) is 4.79 Å². The van der Waals surface area contributed by atoms with Crippen LogP contribution in [0.1, 0.15) is 22.3 Å². The number of hydrogen-bond acceptors (Lipinski definition) is 3. The number of carbonyl (C=O) groups is 1. The molecule has 1 rings (SSSR count). The number of alkyl halides is 2. The van der Waals surface area contributed by atoms with Crippen molar-refractivity contribution in [1.82, 2.24) is 4.98 Å². The van der Waals surface area contributed by atoms with Gasteiger partial charge in [0.05, 0.1) is 24.4 Å². The van der Waals surface area contributed by atoms with E-state index < -0.39 is 29.2 Å². The van der Waals surface area contributed by atoms with Crippen LogP contribution in [-0.2, 0) is 0 Å². The predicted octanol–water partition coefficient (Wildman–Crippen LogP) is 1.98. The quantitative estimate of drug-likeness (QED) is 0.708. The van der Waals surface area contributed by atoms with E-state index in [9.17, 15) is 18.0 Å². The van der Waals surface area contributed by atoms with E-state index in [4.69, 9.17) is 0 Å². The summed E-state index contributed by atoms with van der Waals surface area (Å²) in [6.07, 6.45) is -2.33. The maximum absolute atomic E-state index is 12.8. The lowest BCUT2D eigenvalue weighted by Gasteiger charge is -2.08. The van der Waals surface area contributed by atoms with E-state index in [1.165, 1.54) is 0 Å². The molecule has 0 aliphatic carbocycles. The first-order chi connectivity index (χ1) is 6.61. The fraction of sp³-hybridized carbons (Fsp3) is 0.250. The SMILES string of the molecule is COc1ncc(F)c(C=O)c1C(F)F. The van der Waals surface area contributed by atoms with Gasteiger partial charge >= 0.3 is 0 Å². The van der Waals surface area contributed by atoms with E-state index in [0.29, 0.717) is 6.20 Å². The van der Waals surface area contributed by atoms with Gasteiger partial charge in [0.25, 0.3) is 6.43 Å². The zero-order valence-electron chi connectivity index (χ0n) is 7.13. The van der Waals surface area contributed by atoms with Gasteiger partial charge in [-0.2, -0.15) is 0 Å². The van der Waals surface area contributed by atoms with Crippen LogP contribution in [0.15, 0.2) is 6.20 Å². The van der Waals surface area contributed by atoms with Gasteiger partial charge in [0.2, 0.25) is 5.88 Å². The third-order valence-electron chi connectivity index (χ3n) is 1.60. The first-order valence-corrected chi connectivity index (χ1v) is 3.57. The molecular weight excluding hydrogens is 199 g/mol. The van der Waals surface area contributed by atoms with Crippen LogP contribution in [0.25, 0.3) is 0 Å². The molecule has 0 spiro atoms. The smallest absolute Gasteiger partial charge is 0.269 e. The molecule has 6 heteroatoms. The largest absolute Gasteiger partial charge is 0.481 e. The Morgan fingerprint density at radius 3 is 2.64 bits per heavy atom. The lowest BCUT2D eigenvalue weighted by Crippen LogP contribution is -2.03. The number of pyridine rings is 1. The van der Waals surface area contributed by atoms with Gasteiger partial charge in [0, 0.05) is 0 Å². The molecule has 14 heavy (non-hydrogen) atoms. The van der Waals surface area contributed by atoms with Crippen molar-refractivity contribution < 1.29 is 22.7 Å². The fourth-order valence-corrected chi connectivity index (χ4v) is 0.992. The number of carbonyl (C=O) groups excluding carboxylic acids is 1. The highest BCUT2D eigenvalue weighted by atomic mass is 19.3. The molecule has 0 aromatic carbocycles. The summed E-state index contributed by atoms with van der Waals surface area (Å²) in [7, 11) is 1.11. The highest BCUT2D eigenvalue weighted by Crippen LogP contribution is 2.30. The van der Waals surface area contributed by atoms with Gasteiger partial charge in [-0.05, 0) is 0 Å². The Kier molecular flexibility index (Phi) is 3.06. The van der Waals surface area contributed by atoms with E-state index in [-0.39, 0.29) is 6.29 Å². The van der Waals surface area contributed by atoms with E-state index in [1.807, 2.05) is 0 Å². The van der Waals surface area contributed by atoms with E-state index in [2.05, 4.69) is 9.72 Å². The van der Waals surface area contributed by atoms with Gasteiger partial charge in [-0.15, -0.1) is 0 Å². The van der Waals surface area contributed by atoms with E-state index in [0.717, 1.165) is 7.11 Å². The second-order valence-electron chi connectivity index (χ2n) is 2.36. The van der Waals surface area contributed by atoms with Gasteiger partial charge in [0.15, 0.2) is 12.1 Å². The summed E-state index contributed by atoms with van der Waals surface area (Å²) in [5.41, 5.74) is -1.53. The average Bonchev–Trinajstić information content (AvgIpc) is 2.17. The zero-order chi connectivity index (χ0) is 10.7. The van der Waals surface area contributed by atoms with Crippen LogP contribution < -0.4 is 4.74 Å². The number of rotatable bonds is 3. The first kappa shape index (κ1) is 10.5. The van der Waals surface area contributed by atoms with Crippen molar-refractivity contribution in [3.8, 4) is 5.88 Å². The van der Waals surface area contributed by atoms with Crippen LogP contribution in [0.3, 0.4) is 0 Å². The minimum absolute atomic E-state index is 0.0149. The number of aldehydes is 1. The van der Waals surface area contributed by atoms with Gasteiger partial charge in [0.1, 0.15) is 0 Å². The van der Waals surface area contributed by atoms with Crippen LogP contribution in [0, 0.1) is 5.82 Å². The minimum atomic E-state index is -3.01. The lowest BCUT2D eigenvalue weighted by molar-refractivity contribution is 0.109. The number of halogens is 3.